The zero-order valence-electron chi connectivity index (χ0n) is 14.8. The van der Waals surface area contributed by atoms with Crippen LogP contribution in [0.1, 0.15) is 38.3 Å². The maximum atomic E-state index is 11.7. The molecule has 2 N–H and O–H groups in total. The van der Waals surface area contributed by atoms with Crippen molar-refractivity contribution in [3.63, 3.8) is 0 Å². The number of unbranched alkanes of at least 4 members (excludes halogenated alkanes) is 1. The number of benzene rings is 1. The summed E-state index contributed by atoms with van der Waals surface area (Å²) in [5.41, 5.74) is 1.11. The molecule has 1 amide bonds. The van der Waals surface area contributed by atoms with E-state index in [-0.39, 0.29) is 42.5 Å². The number of nitrogens with one attached hydrogen (secondary N) is 2. The first-order valence-corrected chi connectivity index (χ1v) is 8.32. The van der Waals surface area contributed by atoms with Gasteiger partial charge in [0.15, 0.2) is 5.96 Å². The van der Waals surface area contributed by atoms with Crippen LogP contribution in [0.3, 0.4) is 0 Å². The van der Waals surface area contributed by atoms with E-state index in [1.165, 1.54) is 4.90 Å². The van der Waals surface area contributed by atoms with E-state index in [1.54, 1.807) is 14.1 Å². The molecule has 1 aromatic rings. The van der Waals surface area contributed by atoms with Gasteiger partial charge in [-0.25, -0.2) is 4.99 Å². The number of hydrogen-bond acceptors (Lipinski definition) is 2. The van der Waals surface area contributed by atoms with Gasteiger partial charge >= 0.3 is 0 Å². The number of halogens is 2. The number of hydrogen-bond donors (Lipinski definition) is 2. The van der Waals surface area contributed by atoms with Gasteiger partial charge in [-0.1, -0.05) is 37.1 Å². The van der Waals surface area contributed by atoms with Crippen LogP contribution in [0.4, 0.5) is 0 Å². The molecule has 0 heterocycles. The Morgan fingerprint density at radius 2 is 1.92 bits per heavy atom. The molecule has 5 nitrogen and oxygen atoms in total. The van der Waals surface area contributed by atoms with E-state index in [1.807, 2.05) is 31.2 Å². The molecular formula is C17H28ClIN4O. The Morgan fingerprint density at radius 3 is 2.46 bits per heavy atom. The highest BCUT2D eigenvalue weighted by Gasteiger charge is 2.09. The zero-order chi connectivity index (χ0) is 17.2. The smallest absolute Gasteiger partial charge is 0.243 e. The van der Waals surface area contributed by atoms with Gasteiger partial charge in [0.1, 0.15) is 6.54 Å². The fraction of sp³-hybridized carbons (Fsp3) is 0.529. The Hall–Kier alpha value is -1.02. The van der Waals surface area contributed by atoms with E-state index in [0.717, 1.165) is 24.9 Å². The van der Waals surface area contributed by atoms with Crippen LogP contribution in [0, 0.1) is 0 Å². The second-order valence-electron chi connectivity index (χ2n) is 5.65. The molecule has 0 saturated carbocycles. The molecule has 7 heteroatoms. The van der Waals surface area contributed by atoms with Gasteiger partial charge in [-0.05, 0) is 31.0 Å². The van der Waals surface area contributed by atoms with Gasteiger partial charge in [0.2, 0.25) is 5.91 Å². The normalized spacial score (nSPS) is 12.1. The Labute approximate surface area is 167 Å². The van der Waals surface area contributed by atoms with Gasteiger partial charge in [0, 0.05) is 25.7 Å². The molecule has 0 aromatic heterocycles. The van der Waals surface area contributed by atoms with Crippen molar-refractivity contribution in [2.24, 2.45) is 4.99 Å². The van der Waals surface area contributed by atoms with Gasteiger partial charge in [0.05, 0.1) is 6.04 Å². The van der Waals surface area contributed by atoms with Crippen molar-refractivity contribution in [1.82, 2.24) is 15.5 Å². The summed E-state index contributed by atoms with van der Waals surface area (Å²) < 4.78 is 0. The minimum atomic E-state index is -0.0271. The summed E-state index contributed by atoms with van der Waals surface area (Å²) in [5.74, 6) is 0.622. The molecule has 24 heavy (non-hydrogen) atoms. The number of rotatable bonds is 7. The second kappa shape index (κ2) is 12.4. The van der Waals surface area contributed by atoms with Gasteiger partial charge in [-0.15, -0.1) is 24.0 Å². The molecule has 0 aliphatic rings. The van der Waals surface area contributed by atoms with Crippen LogP contribution < -0.4 is 10.6 Å². The van der Waals surface area contributed by atoms with Crippen molar-refractivity contribution in [2.75, 3.05) is 27.2 Å². The highest BCUT2D eigenvalue weighted by atomic mass is 127. The molecule has 0 radical (unpaired) electrons. The average molecular weight is 467 g/mol. The second-order valence-corrected chi connectivity index (χ2v) is 6.09. The highest BCUT2D eigenvalue weighted by molar-refractivity contribution is 14.0. The molecule has 1 aromatic carbocycles. The van der Waals surface area contributed by atoms with Crippen LogP contribution in [-0.2, 0) is 4.79 Å². The van der Waals surface area contributed by atoms with E-state index in [9.17, 15) is 4.79 Å². The summed E-state index contributed by atoms with van der Waals surface area (Å²) >= 11 is 5.92. The summed E-state index contributed by atoms with van der Waals surface area (Å²) in [6.45, 7) is 5.14. The first-order chi connectivity index (χ1) is 10.9. The lowest BCUT2D eigenvalue weighted by Crippen LogP contribution is -2.40. The number of carbonyl (C=O) groups excluding carboxylic acids is 1. The number of aliphatic imine (C=N–C) groups is 1. The number of carbonyl (C=O) groups is 1. The summed E-state index contributed by atoms with van der Waals surface area (Å²) in [6.07, 6.45) is 2.15. The molecule has 0 fully saturated rings. The molecule has 136 valence electrons. The van der Waals surface area contributed by atoms with Crippen LogP contribution in [0.15, 0.2) is 29.3 Å². The van der Waals surface area contributed by atoms with Crippen LogP contribution in [0.5, 0.6) is 0 Å². The van der Waals surface area contributed by atoms with E-state index in [0.29, 0.717) is 11.0 Å². The van der Waals surface area contributed by atoms with Gasteiger partial charge in [-0.2, -0.15) is 0 Å². The topological polar surface area (TPSA) is 56.7 Å². The van der Waals surface area contributed by atoms with Crippen molar-refractivity contribution in [3.05, 3.63) is 34.9 Å². The monoisotopic (exact) mass is 466 g/mol. The largest absolute Gasteiger partial charge is 0.356 e. The van der Waals surface area contributed by atoms with E-state index < -0.39 is 0 Å². The van der Waals surface area contributed by atoms with Crippen LogP contribution >= 0.6 is 35.6 Å². The van der Waals surface area contributed by atoms with Gasteiger partial charge in [-0.3, -0.25) is 4.79 Å². The summed E-state index contributed by atoms with van der Waals surface area (Å²) in [6, 6.07) is 7.76. The molecule has 1 rings (SSSR count). The summed E-state index contributed by atoms with van der Waals surface area (Å²) in [5, 5.41) is 7.32. The Balaban J connectivity index is 0.00000529. The lowest BCUT2D eigenvalue weighted by Gasteiger charge is -2.19. The fourth-order valence-corrected chi connectivity index (χ4v) is 1.99. The summed E-state index contributed by atoms with van der Waals surface area (Å²) in [7, 11) is 3.46. The summed E-state index contributed by atoms with van der Waals surface area (Å²) in [4.78, 5) is 17.6. The minimum absolute atomic E-state index is 0. The Morgan fingerprint density at radius 1 is 1.29 bits per heavy atom. The standard InChI is InChI=1S/C17H27ClN4O.HI/c1-5-6-11-19-17(20-12-16(23)22(3)4)21-13(2)14-7-9-15(18)10-8-14;/h7-10,13H,5-6,11-12H2,1-4H3,(H2,19,20,21);1H. The molecule has 0 aliphatic carbocycles. The first kappa shape index (κ1) is 23.0. The minimum Gasteiger partial charge on any atom is -0.356 e. The van der Waals surface area contributed by atoms with Gasteiger partial charge < -0.3 is 15.5 Å². The maximum Gasteiger partial charge on any atom is 0.243 e. The van der Waals surface area contributed by atoms with Gasteiger partial charge in [0.25, 0.3) is 0 Å². The third-order valence-corrected chi connectivity index (χ3v) is 3.67. The number of likely N-dealkylation sites (N-methyl/N-ethyl adjacent to an activating group) is 1. The van der Waals surface area contributed by atoms with Crippen molar-refractivity contribution in [3.8, 4) is 0 Å². The molecular weight excluding hydrogens is 439 g/mol. The van der Waals surface area contributed by atoms with Crippen molar-refractivity contribution < 1.29 is 4.79 Å². The van der Waals surface area contributed by atoms with Crippen LogP contribution in [-0.4, -0.2) is 44.0 Å². The van der Waals surface area contributed by atoms with Crippen molar-refractivity contribution >= 4 is 47.4 Å². The zero-order valence-corrected chi connectivity index (χ0v) is 17.9. The Kier molecular flexibility index (Phi) is 11.8. The van der Waals surface area contributed by atoms with Crippen molar-refractivity contribution in [2.45, 2.75) is 32.7 Å². The lowest BCUT2D eigenvalue weighted by molar-refractivity contribution is -0.127. The molecule has 0 saturated heterocycles. The average Bonchev–Trinajstić information content (AvgIpc) is 2.52. The SMILES string of the molecule is CCCCNC(=NCC(=O)N(C)C)NC(C)c1ccc(Cl)cc1.I. The molecule has 1 atom stereocenters. The maximum absolute atomic E-state index is 11.7. The Bertz CT molecular complexity index is 520. The van der Waals surface area contributed by atoms with Crippen molar-refractivity contribution in [1.29, 1.82) is 0 Å². The molecule has 0 aliphatic heterocycles. The fourth-order valence-electron chi connectivity index (χ4n) is 1.86. The molecule has 0 bridgehead atoms. The third-order valence-electron chi connectivity index (χ3n) is 3.42. The predicted octanol–water partition coefficient (Wildman–Crippen LogP) is 3.44. The molecule has 0 spiro atoms. The van der Waals surface area contributed by atoms with E-state index in [4.69, 9.17) is 11.6 Å². The molecule has 1 unspecified atom stereocenters. The van der Waals surface area contributed by atoms with Crippen LogP contribution in [0.2, 0.25) is 5.02 Å². The number of nitrogens with zero attached hydrogens (tertiary/aromatic N) is 2. The number of guanidine groups is 1. The van der Waals surface area contributed by atoms with Crippen LogP contribution in [0.25, 0.3) is 0 Å². The first-order valence-electron chi connectivity index (χ1n) is 7.94. The predicted molar refractivity (Wildman–Crippen MR) is 112 cm³/mol. The van der Waals surface area contributed by atoms with E-state index in [2.05, 4.69) is 22.5 Å². The number of amides is 1. The lowest BCUT2D eigenvalue weighted by atomic mass is 10.1. The quantitative estimate of drug-likeness (QED) is 0.280. The van der Waals surface area contributed by atoms with E-state index >= 15 is 0 Å². The third kappa shape index (κ3) is 8.73. The highest BCUT2D eigenvalue weighted by Crippen LogP contribution is 2.15.